The van der Waals surface area contributed by atoms with Gasteiger partial charge in [0.25, 0.3) is 0 Å². The Bertz CT molecular complexity index is 1110. The Morgan fingerprint density at radius 2 is 1.71 bits per heavy atom. The highest BCUT2D eigenvalue weighted by molar-refractivity contribution is 6.04. The van der Waals surface area contributed by atoms with Gasteiger partial charge in [0.1, 0.15) is 11.3 Å². The van der Waals surface area contributed by atoms with E-state index in [1.165, 1.54) is 18.5 Å². The molecule has 2 amide bonds. The Labute approximate surface area is 250 Å². The summed E-state index contributed by atoms with van der Waals surface area (Å²) in [6.07, 6.45) is 9.62. The molecule has 232 valence electrons. The number of pyridine rings is 2. The molecule has 3 aromatic heterocycles. The summed E-state index contributed by atoms with van der Waals surface area (Å²) in [6.45, 7) is 25.4. The number of nitrogens with zero attached hydrogens (tertiary/aromatic N) is 5. The molecule has 0 unspecified atom stereocenters. The zero-order valence-corrected chi connectivity index (χ0v) is 28.0. The van der Waals surface area contributed by atoms with Crippen LogP contribution in [0.15, 0.2) is 36.8 Å². The van der Waals surface area contributed by atoms with Crippen LogP contribution in [0.3, 0.4) is 0 Å². The van der Waals surface area contributed by atoms with Gasteiger partial charge in [0, 0.05) is 43.3 Å². The molecule has 0 aromatic carbocycles. The van der Waals surface area contributed by atoms with Gasteiger partial charge in [0.05, 0.1) is 19.0 Å². The Kier molecular flexibility index (Phi) is 19.7. The van der Waals surface area contributed by atoms with Crippen LogP contribution in [0.25, 0.3) is 5.52 Å². The number of hydrogen-bond acceptors (Lipinski definition) is 5. The number of fused-ring (bicyclic) bond motifs is 2. The molecule has 0 aliphatic carbocycles. The van der Waals surface area contributed by atoms with Gasteiger partial charge < -0.3 is 15.0 Å². The number of rotatable bonds is 9. The Morgan fingerprint density at radius 3 is 2.32 bits per heavy atom. The molecular formula is C33H58N6O2. The smallest absolute Gasteiger partial charge is 0.327 e. The highest BCUT2D eigenvalue weighted by atomic mass is 16.5. The van der Waals surface area contributed by atoms with Crippen molar-refractivity contribution in [1.29, 1.82) is 0 Å². The van der Waals surface area contributed by atoms with Crippen LogP contribution in [0.4, 0.5) is 22.0 Å². The van der Waals surface area contributed by atoms with E-state index in [4.69, 9.17) is 4.74 Å². The second-order valence-electron chi connectivity index (χ2n) is 8.73. The topological polar surface area (TPSA) is 75.0 Å². The van der Waals surface area contributed by atoms with Gasteiger partial charge in [-0.15, -0.1) is 0 Å². The largest absolute Gasteiger partial charge is 0.492 e. The van der Waals surface area contributed by atoms with Gasteiger partial charge in [-0.05, 0) is 43.4 Å². The summed E-state index contributed by atoms with van der Waals surface area (Å²) < 4.78 is 7.29. The van der Waals surface area contributed by atoms with Gasteiger partial charge in [0.15, 0.2) is 5.75 Å². The van der Waals surface area contributed by atoms with Crippen molar-refractivity contribution in [3.8, 4) is 5.75 Å². The number of amides is 2. The average molecular weight is 571 g/mol. The quantitative estimate of drug-likeness (QED) is 0.278. The molecular weight excluding hydrogens is 512 g/mol. The number of hydrogen-bond donors (Lipinski definition) is 1. The summed E-state index contributed by atoms with van der Waals surface area (Å²) in [5.41, 5.74) is 3.77. The molecule has 0 saturated carbocycles. The monoisotopic (exact) mass is 570 g/mol. The first-order chi connectivity index (χ1) is 20.1. The molecule has 41 heavy (non-hydrogen) atoms. The first-order valence-electron chi connectivity index (χ1n) is 15.9. The third kappa shape index (κ3) is 9.94. The molecule has 8 nitrogen and oxygen atoms in total. The third-order valence-electron chi connectivity index (χ3n) is 6.22. The van der Waals surface area contributed by atoms with Crippen molar-refractivity contribution >= 4 is 28.7 Å². The number of anilines is 3. The first-order valence-corrected chi connectivity index (χ1v) is 15.9. The predicted molar refractivity (Wildman–Crippen MR) is 178 cm³/mol. The van der Waals surface area contributed by atoms with Crippen LogP contribution >= 0.6 is 0 Å². The van der Waals surface area contributed by atoms with Gasteiger partial charge in [-0.1, -0.05) is 82.6 Å². The molecule has 3 aromatic rings. The molecule has 0 spiro atoms. The standard InChI is InChI=1S/C25H34N6O2.4C2H6/c1-5-7-18(3)17-29(14-6-2)21-8-12-26-24-19(21)10-15-30(24)25(32)28-20-11-16-31-22(9-13-27-31)23(20)33-4;4*1-2/h8-9,11-13,16,18H,5-7,10,14-15,17H2,1-4H3,(H,28,32);4*1-2H3/t18-;;;;/m0..../s1. The number of carbonyl (C=O) groups excluding carboxylic acids is 1. The lowest BCUT2D eigenvalue weighted by Gasteiger charge is -2.29. The minimum atomic E-state index is -0.207. The van der Waals surface area contributed by atoms with E-state index in [2.05, 4.69) is 47.1 Å². The molecule has 1 atom stereocenters. The van der Waals surface area contributed by atoms with E-state index >= 15 is 0 Å². The maximum absolute atomic E-state index is 13.3. The van der Waals surface area contributed by atoms with Crippen molar-refractivity contribution in [2.24, 2.45) is 5.92 Å². The van der Waals surface area contributed by atoms with Crippen LogP contribution in [-0.4, -0.2) is 47.4 Å². The van der Waals surface area contributed by atoms with Crippen LogP contribution in [0.5, 0.6) is 5.75 Å². The first kappa shape index (κ1) is 37.7. The zero-order valence-electron chi connectivity index (χ0n) is 28.0. The summed E-state index contributed by atoms with van der Waals surface area (Å²) >= 11 is 0. The van der Waals surface area contributed by atoms with Crippen LogP contribution in [-0.2, 0) is 6.42 Å². The maximum Gasteiger partial charge on any atom is 0.327 e. The summed E-state index contributed by atoms with van der Waals surface area (Å²) in [7, 11) is 1.60. The van der Waals surface area contributed by atoms with Crippen LogP contribution in [0.2, 0.25) is 0 Å². The van der Waals surface area contributed by atoms with Gasteiger partial charge >= 0.3 is 6.03 Å². The molecule has 0 radical (unpaired) electrons. The zero-order chi connectivity index (χ0) is 31.4. The Hall–Kier alpha value is -3.29. The van der Waals surface area contributed by atoms with Crippen molar-refractivity contribution in [2.45, 2.75) is 102 Å². The lowest BCUT2D eigenvalue weighted by atomic mass is 10.0. The second kappa shape index (κ2) is 21.5. The normalized spacial score (nSPS) is 11.7. The minimum Gasteiger partial charge on any atom is -0.492 e. The van der Waals surface area contributed by atoms with Crippen molar-refractivity contribution in [1.82, 2.24) is 14.6 Å². The third-order valence-corrected chi connectivity index (χ3v) is 6.22. The van der Waals surface area contributed by atoms with E-state index in [9.17, 15) is 4.79 Å². The molecule has 4 rings (SSSR count). The minimum absolute atomic E-state index is 0.207. The number of ether oxygens (including phenoxy) is 1. The maximum atomic E-state index is 13.3. The summed E-state index contributed by atoms with van der Waals surface area (Å²) in [4.78, 5) is 22.1. The fourth-order valence-corrected chi connectivity index (χ4v) is 4.78. The highest BCUT2D eigenvalue weighted by Gasteiger charge is 2.30. The molecule has 0 saturated heterocycles. The summed E-state index contributed by atoms with van der Waals surface area (Å²) in [6, 6.07) is 5.55. The van der Waals surface area contributed by atoms with Crippen LogP contribution in [0.1, 0.15) is 101 Å². The lowest BCUT2D eigenvalue weighted by Crippen LogP contribution is -2.34. The van der Waals surface area contributed by atoms with E-state index in [-0.39, 0.29) is 6.03 Å². The molecule has 4 heterocycles. The van der Waals surface area contributed by atoms with E-state index in [0.717, 1.165) is 42.8 Å². The molecule has 0 bridgehead atoms. The lowest BCUT2D eigenvalue weighted by molar-refractivity contribution is 0.257. The van der Waals surface area contributed by atoms with Gasteiger partial charge in [-0.2, -0.15) is 5.10 Å². The fourth-order valence-electron chi connectivity index (χ4n) is 4.78. The fraction of sp³-hybridized carbons (Fsp3) is 0.606. The van der Waals surface area contributed by atoms with E-state index in [1.54, 1.807) is 28.8 Å². The van der Waals surface area contributed by atoms with Gasteiger partial charge in [-0.3, -0.25) is 4.90 Å². The molecule has 1 aliphatic heterocycles. The number of nitrogens with one attached hydrogen (secondary N) is 1. The molecule has 1 N–H and O–H groups in total. The predicted octanol–water partition coefficient (Wildman–Crippen LogP) is 9.09. The van der Waals surface area contributed by atoms with E-state index < -0.39 is 0 Å². The van der Waals surface area contributed by atoms with E-state index in [1.807, 2.05) is 73.8 Å². The number of aromatic nitrogens is 3. The van der Waals surface area contributed by atoms with E-state index in [0.29, 0.717) is 23.9 Å². The molecule has 1 aliphatic rings. The van der Waals surface area contributed by atoms with Crippen molar-refractivity contribution < 1.29 is 9.53 Å². The second-order valence-corrected chi connectivity index (χ2v) is 8.73. The molecule has 8 heteroatoms. The van der Waals surface area contributed by atoms with Crippen molar-refractivity contribution in [2.75, 3.05) is 41.9 Å². The van der Waals surface area contributed by atoms with Crippen LogP contribution in [0, 0.1) is 5.92 Å². The van der Waals surface area contributed by atoms with Gasteiger partial charge in [-0.25, -0.2) is 14.3 Å². The van der Waals surface area contributed by atoms with Crippen LogP contribution < -0.4 is 19.9 Å². The summed E-state index contributed by atoms with van der Waals surface area (Å²) in [5.74, 6) is 1.96. The average Bonchev–Trinajstić information content (AvgIpc) is 3.69. The van der Waals surface area contributed by atoms with Gasteiger partial charge in [0.2, 0.25) is 0 Å². The number of carbonyl (C=O) groups is 1. The van der Waals surface area contributed by atoms with Crippen molar-refractivity contribution in [3.63, 3.8) is 0 Å². The Balaban J connectivity index is 0.00000184. The number of urea groups is 1. The van der Waals surface area contributed by atoms with Crippen molar-refractivity contribution in [3.05, 3.63) is 42.4 Å². The highest BCUT2D eigenvalue weighted by Crippen LogP contribution is 2.36. The summed E-state index contributed by atoms with van der Waals surface area (Å²) in [5, 5.41) is 7.24. The molecule has 0 fully saturated rings. The SMILES string of the molecule is CC.CC.CC.CC.CCC[C@H](C)CN(CCC)c1ccnc2c1CCN2C(=O)Nc1ccn2nccc2c1OC. The number of methoxy groups -OCH3 is 1. The Morgan fingerprint density at radius 1 is 1.02 bits per heavy atom.